The minimum absolute atomic E-state index is 0.0675. The molecule has 7 nitrogen and oxygen atoms in total. The van der Waals surface area contributed by atoms with Gasteiger partial charge in [-0.15, -0.1) is 0 Å². The normalized spacial score (nSPS) is 11.0. The summed E-state index contributed by atoms with van der Waals surface area (Å²) in [5.41, 5.74) is 5.57. The first-order valence-corrected chi connectivity index (χ1v) is 6.90. The molecule has 0 radical (unpaired) electrons. The van der Waals surface area contributed by atoms with Crippen LogP contribution in [0.3, 0.4) is 0 Å². The van der Waals surface area contributed by atoms with E-state index in [1.807, 2.05) is 20.8 Å². The molecule has 0 fully saturated rings. The summed E-state index contributed by atoms with van der Waals surface area (Å²) < 4.78 is 8.54. The average molecular weight is 300 g/mol. The summed E-state index contributed by atoms with van der Waals surface area (Å²) in [4.78, 5) is 23.2. The second kappa shape index (κ2) is 6.56. The second-order valence-corrected chi connectivity index (χ2v) is 6.01. The van der Waals surface area contributed by atoms with E-state index in [0.717, 1.165) is 11.5 Å². The van der Waals surface area contributed by atoms with Gasteiger partial charge >= 0.3 is 5.97 Å². The minimum atomic E-state index is -0.544. The van der Waals surface area contributed by atoms with Gasteiger partial charge in [0.05, 0.1) is 7.11 Å². The number of hydrogen-bond acceptors (Lipinski definition) is 7. The molecule has 20 heavy (non-hydrogen) atoms. The van der Waals surface area contributed by atoms with Crippen LogP contribution in [0, 0.1) is 0 Å². The van der Waals surface area contributed by atoms with Crippen molar-refractivity contribution < 1.29 is 14.3 Å². The first kappa shape index (κ1) is 16.2. The Hall–Kier alpha value is -1.83. The summed E-state index contributed by atoms with van der Waals surface area (Å²) in [6.45, 7) is 6.13. The van der Waals surface area contributed by atoms with Gasteiger partial charge in [0.2, 0.25) is 5.91 Å². The number of rotatable bonds is 5. The summed E-state index contributed by atoms with van der Waals surface area (Å²) in [5.74, 6) is -0.483. The summed E-state index contributed by atoms with van der Waals surface area (Å²) >= 11 is 1.07. The molecule has 1 aromatic rings. The number of nitrogen functional groups attached to an aromatic ring is 1. The Morgan fingerprint density at radius 1 is 1.40 bits per heavy atom. The van der Waals surface area contributed by atoms with Crippen LogP contribution < -0.4 is 16.4 Å². The number of amides is 1. The van der Waals surface area contributed by atoms with Crippen LogP contribution in [-0.4, -0.2) is 35.4 Å². The van der Waals surface area contributed by atoms with Crippen LogP contribution in [0.4, 0.5) is 10.8 Å². The smallest absolute Gasteiger partial charge is 0.344 e. The number of hydrogen-bond donors (Lipinski definition) is 3. The molecule has 0 atom stereocenters. The Kier molecular flexibility index (Phi) is 5.32. The molecule has 1 heterocycles. The van der Waals surface area contributed by atoms with Crippen LogP contribution in [0.15, 0.2) is 0 Å². The van der Waals surface area contributed by atoms with Gasteiger partial charge in [0.15, 0.2) is 5.82 Å². The standard InChI is InChI=1S/C12H20N4O3S/c1-12(2,3)15-7(17)5-6-14-10-8(11(18)19-4)9(13)16-20-10/h14H,5-6H2,1-4H3,(H2,13,16)(H,15,17). The molecule has 0 aliphatic rings. The number of nitrogens with zero attached hydrogens (tertiary/aromatic N) is 1. The van der Waals surface area contributed by atoms with Crippen molar-refractivity contribution >= 4 is 34.2 Å². The molecule has 8 heteroatoms. The molecule has 0 saturated carbocycles. The Bertz CT molecular complexity index is 493. The molecule has 1 rings (SSSR count). The molecule has 0 aliphatic heterocycles. The van der Waals surface area contributed by atoms with E-state index >= 15 is 0 Å². The minimum Gasteiger partial charge on any atom is -0.465 e. The van der Waals surface area contributed by atoms with Gasteiger partial charge in [0.1, 0.15) is 10.6 Å². The predicted octanol–water partition coefficient (Wildman–Crippen LogP) is 1.23. The lowest BCUT2D eigenvalue weighted by molar-refractivity contribution is -0.122. The monoisotopic (exact) mass is 300 g/mol. The highest BCUT2D eigenvalue weighted by molar-refractivity contribution is 7.11. The quantitative estimate of drug-likeness (QED) is 0.706. The van der Waals surface area contributed by atoms with E-state index in [1.54, 1.807) is 0 Å². The molecule has 0 spiro atoms. The first-order chi connectivity index (χ1) is 9.24. The van der Waals surface area contributed by atoms with E-state index in [4.69, 9.17) is 5.73 Å². The lowest BCUT2D eigenvalue weighted by Gasteiger charge is -2.20. The van der Waals surface area contributed by atoms with Crippen LogP contribution in [0.5, 0.6) is 0 Å². The fourth-order valence-electron chi connectivity index (χ4n) is 1.49. The van der Waals surface area contributed by atoms with E-state index in [-0.39, 0.29) is 29.2 Å². The zero-order chi connectivity index (χ0) is 15.3. The Balaban J connectivity index is 2.55. The molecular formula is C12H20N4O3S. The topological polar surface area (TPSA) is 106 Å². The molecule has 0 saturated heterocycles. The van der Waals surface area contributed by atoms with E-state index in [1.165, 1.54) is 7.11 Å². The van der Waals surface area contributed by atoms with E-state index < -0.39 is 5.97 Å². The van der Waals surface area contributed by atoms with Crippen LogP contribution in [0.1, 0.15) is 37.6 Å². The molecule has 112 valence electrons. The van der Waals surface area contributed by atoms with Gasteiger partial charge in [-0.2, -0.15) is 4.37 Å². The zero-order valence-corrected chi connectivity index (χ0v) is 12.9. The van der Waals surface area contributed by atoms with Gasteiger partial charge in [-0.3, -0.25) is 4.79 Å². The largest absolute Gasteiger partial charge is 0.465 e. The van der Waals surface area contributed by atoms with Crippen LogP contribution in [0.2, 0.25) is 0 Å². The van der Waals surface area contributed by atoms with E-state index in [2.05, 4.69) is 19.7 Å². The number of carbonyl (C=O) groups excluding carboxylic acids is 2. The number of ether oxygens (including phenoxy) is 1. The molecule has 4 N–H and O–H groups in total. The summed E-state index contributed by atoms with van der Waals surface area (Å²) in [7, 11) is 1.28. The average Bonchev–Trinajstić information content (AvgIpc) is 2.67. The lowest BCUT2D eigenvalue weighted by atomic mass is 10.1. The van der Waals surface area contributed by atoms with Gasteiger partial charge < -0.3 is 21.1 Å². The Labute approximate surface area is 122 Å². The van der Waals surface area contributed by atoms with Crippen LogP contribution in [0.25, 0.3) is 0 Å². The van der Waals surface area contributed by atoms with E-state index in [0.29, 0.717) is 11.5 Å². The van der Waals surface area contributed by atoms with Gasteiger partial charge in [-0.05, 0) is 32.3 Å². The van der Waals surface area contributed by atoms with E-state index in [9.17, 15) is 9.59 Å². The predicted molar refractivity (Wildman–Crippen MR) is 78.9 cm³/mol. The third-order valence-corrected chi connectivity index (χ3v) is 3.08. The number of methoxy groups -OCH3 is 1. The van der Waals surface area contributed by atoms with Crippen molar-refractivity contribution in [2.75, 3.05) is 24.7 Å². The Morgan fingerprint density at radius 2 is 2.05 bits per heavy atom. The highest BCUT2D eigenvalue weighted by atomic mass is 32.1. The molecule has 1 amide bonds. The highest BCUT2D eigenvalue weighted by Crippen LogP contribution is 2.27. The summed E-state index contributed by atoms with van der Waals surface area (Å²) in [6.07, 6.45) is 0.287. The van der Waals surface area contributed by atoms with Crippen molar-refractivity contribution in [1.82, 2.24) is 9.69 Å². The fraction of sp³-hybridized carbons (Fsp3) is 0.583. The zero-order valence-electron chi connectivity index (χ0n) is 12.1. The second-order valence-electron chi connectivity index (χ2n) is 5.24. The van der Waals surface area contributed by atoms with Crippen molar-refractivity contribution in [3.8, 4) is 0 Å². The van der Waals surface area contributed by atoms with Crippen molar-refractivity contribution in [2.45, 2.75) is 32.7 Å². The SMILES string of the molecule is COC(=O)c1c(N)nsc1NCCC(=O)NC(C)(C)C. The third-order valence-electron chi connectivity index (χ3n) is 2.26. The maximum atomic E-state index is 11.6. The summed E-state index contributed by atoms with van der Waals surface area (Å²) in [6, 6.07) is 0. The van der Waals surface area contributed by atoms with Crippen molar-refractivity contribution in [3.63, 3.8) is 0 Å². The van der Waals surface area contributed by atoms with Crippen LogP contribution in [-0.2, 0) is 9.53 Å². The molecule has 0 aliphatic carbocycles. The van der Waals surface area contributed by atoms with Gasteiger partial charge in [0.25, 0.3) is 0 Å². The summed E-state index contributed by atoms with van der Waals surface area (Å²) in [5, 5.41) is 6.34. The van der Waals surface area contributed by atoms with Crippen molar-refractivity contribution in [2.24, 2.45) is 0 Å². The van der Waals surface area contributed by atoms with Gasteiger partial charge in [0, 0.05) is 18.5 Å². The van der Waals surface area contributed by atoms with Gasteiger partial charge in [-0.25, -0.2) is 4.79 Å². The Morgan fingerprint density at radius 3 is 2.60 bits per heavy atom. The molecule has 1 aromatic heterocycles. The number of anilines is 2. The molecular weight excluding hydrogens is 280 g/mol. The highest BCUT2D eigenvalue weighted by Gasteiger charge is 2.20. The maximum Gasteiger partial charge on any atom is 0.344 e. The fourth-order valence-corrected chi connectivity index (χ4v) is 2.22. The third kappa shape index (κ3) is 4.69. The number of nitrogens with one attached hydrogen (secondary N) is 2. The lowest BCUT2D eigenvalue weighted by Crippen LogP contribution is -2.41. The number of nitrogens with two attached hydrogens (primary N) is 1. The number of carbonyl (C=O) groups is 2. The molecule has 0 aromatic carbocycles. The maximum absolute atomic E-state index is 11.6. The van der Waals surface area contributed by atoms with Crippen LogP contribution >= 0.6 is 11.5 Å². The first-order valence-electron chi connectivity index (χ1n) is 6.13. The molecule has 0 unspecified atom stereocenters. The number of aromatic nitrogens is 1. The molecule has 0 bridgehead atoms. The van der Waals surface area contributed by atoms with Gasteiger partial charge in [-0.1, -0.05) is 0 Å². The van der Waals surface area contributed by atoms with Crippen molar-refractivity contribution in [1.29, 1.82) is 0 Å². The van der Waals surface area contributed by atoms with Crippen molar-refractivity contribution in [3.05, 3.63) is 5.56 Å². The number of esters is 1.